The van der Waals surface area contributed by atoms with E-state index in [4.69, 9.17) is 5.11 Å². The van der Waals surface area contributed by atoms with E-state index < -0.39 is 36.8 Å². The zero-order valence-electron chi connectivity index (χ0n) is 8.60. The van der Waals surface area contributed by atoms with E-state index in [0.29, 0.717) is 0 Å². The summed E-state index contributed by atoms with van der Waals surface area (Å²) < 4.78 is 62.2. The predicted octanol–water partition coefficient (Wildman–Crippen LogP) is 3.12. The molecule has 0 heterocycles. The molecule has 1 N–H and O–H groups in total. The second-order valence-corrected chi connectivity index (χ2v) is 3.52. The zero-order chi connectivity index (χ0) is 12.9. The van der Waals surface area contributed by atoms with Crippen LogP contribution in [-0.4, -0.2) is 29.6 Å². The fraction of sp³-hybridized carbons (Fsp3) is 0.889. The standard InChI is InChI=1S/C9H13F5O2/c1-2-3-5(4-6(15)16)7(10)9(13,14)8(11)12/h5,7-8H,2-4H2,1H3,(H,15,16). The third kappa shape index (κ3) is 3.94. The summed E-state index contributed by atoms with van der Waals surface area (Å²) in [6, 6.07) is 0. The molecule has 0 rings (SSSR count). The monoisotopic (exact) mass is 248 g/mol. The van der Waals surface area contributed by atoms with E-state index in [1.54, 1.807) is 0 Å². The van der Waals surface area contributed by atoms with E-state index in [9.17, 15) is 26.7 Å². The Morgan fingerprint density at radius 3 is 2.12 bits per heavy atom. The van der Waals surface area contributed by atoms with Gasteiger partial charge in [-0.2, -0.15) is 8.78 Å². The van der Waals surface area contributed by atoms with Gasteiger partial charge < -0.3 is 5.11 Å². The number of rotatable bonds is 7. The van der Waals surface area contributed by atoms with Crippen LogP contribution in [0.3, 0.4) is 0 Å². The van der Waals surface area contributed by atoms with Gasteiger partial charge >= 0.3 is 18.3 Å². The van der Waals surface area contributed by atoms with E-state index in [1.165, 1.54) is 6.92 Å². The molecule has 7 heteroatoms. The molecule has 96 valence electrons. The molecule has 0 amide bonds. The molecule has 2 atom stereocenters. The van der Waals surface area contributed by atoms with Gasteiger partial charge in [-0.25, -0.2) is 13.2 Å². The molecular weight excluding hydrogens is 235 g/mol. The van der Waals surface area contributed by atoms with Crippen molar-refractivity contribution in [3.8, 4) is 0 Å². The molecule has 16 heavy (non-hydrogen) atoms. The Morgan fingerprint density at radius 1 is 1.31 bits per heavy atom. The largest absolute Gasteiger partial charge is 0.481 e. The SMILES string of the molecule is CCCC(CC(=O)O)C(F)C(F)(F)C(F)F. The second kappa shape index (κ2) is 6.00. The van der Waals surface area contributed by atoms with Gasteiger partial charge in [-0.05, 0) is 6.42 Å². The second-order valence-electron chi connectivity index (χ2n) is 3.52. The third-order valence-corrected chi connectivity index (χ3v) is 2.17. The lowest BCUT2D eigenvalue weighted by Gasteiger charge is -2.26. The van der Waals surface area contributed by atoms with Crippen LogP contribution < -0.4 is 0 Å². The maximum Gasteiger partial charge on any atom is 0.338 e. The van der Waals surface area contributed by atoms with Gasteiger partial charge in [0.05, 0.1) is 6.42 Å². The number of hydrogen-bond donors (Lipinski definition) is 1. The predicted molar refractivity (Wildman–Crippen MR) is 46.5 cm³/mol. The molecule has 0 aromatic carbocycles. The highest BCUT2D eigenvalue weighted by atomic mass is 19.3. The van der Waals surface area contributed by atoms with Crippen molar-refractivity contribution in [2.75, 3.05) is 0 Å². The summed E-state index contributed by atoms with van der Waals surface area (Å²) in [6.45, 7) is 1.53. The first kappa shape index (κ1) is 15.1. The number of carbonyl (C=O) groups is 1. The van der Waals surface area contributed by atoms with Crippen molar-refractivity contribution in [1.29, 1.82) is 0 Å². The minimum Gasteiger partial charge on any atom is -0.481 e. The first-order valence-electron chi connectivity index (χ1n) is 4.75. The van der Waals surface area contributed by atoms with Crippen LogP contribution in [0.2, 0.25) is 0 Å². The number of carboxylic acids is 1. The van der Waals surface area contributed by atoms with Gasteiger partial charge in [0, 0.05) is 5.92 Å². The van der Waals surface area contributed by atoms with Crippen LogP contribution in [0.1, 0.15) is 26.2 Å². The molecule has 0 aliphatic carbocycles. The van der Waals surface area contributed by atoms with Gasteiger partial charge in [0.15, 0.2) is 6.17 Å². The lowest BCUT2D eigenvalue weighted by molar-refractivity contribution is -0.186. The maximum atomic E-state index is 13.1. The Bertz CT molecular complexity index is 232. The molecule has 0 spiro atoms. The highest BCUT2D eigenvalue weighted by Gasteiger charge is 2.52. The smallest absolute Gasteiger partial charge is 0.338 e. The van der Waals surface area contributed by atoms with Crippen molar-refractivity contribution in [3.63, 3.8) is 0 Å². The molecule has 2 unspecified atom stereocenters. The summed E-state index contributed by atoms with van der Waals surface area (Å²) in [4.78, 5) is 10.3. The number of carboxylic acid groups (broad SMARTS) is 1. The highest BCUT2D eigenvalue weighted by Crippen LogP contribution is 2.36. The van der Waals surface area contributed by atoms with Crippen molar-refractivity contribution in [2.24, 2.45) is 5.92 Å². The minimum atomic E-state index is -4.80. The minimum absolute atomic E-state index is 0.171. The van der Waals surface area contributed by atoms with Crippen molar-refractivity contribution >= 4 is 5.97 Å². The number of aliphatic carboxylic acids is 1. The van der Waals surface area contributed by atoms with Gasteiger partial charge in [-0.1, -0.05) is 13.3 Å². The Hall–Kier alpha value is -0.880. The summed E-state index contributed by atoms with van der Waals surface area (Å²) >= 11 is 0. The third-order valence-electron chi connectivity index (χ3n) is 2.17. The molecule has 0 aromatic heterocycles. The van der Waals surface area contributed by atoms with Crippen LogP contribution in [0.25, 0.3) is 0 Å². The highest BCUT2D eigenvalue weighted by molar-refractivity contribution is 5.67. The van der Waals surface area contributed by atoms with Gasteiger partial charge in [0.2, 0.25) is 0 Å². The molecule has 0 saturated carbocycles. The molecular formula is C9H13F5O2. The van der Waals surface area contributed by atoms with Gasteiger partial charge in [-0.3, -0.25) is 4.79 Å². The summed E-state index contributed by atoms with van der Waals surface area (Å²) in [5.41, 5.74) is 0. The molecule has 0 radical (unpaired) electrons. The van der Waals surface area contributed by atoms with Crippen molar-refractivity contribution in [1.82, 2.24) is 0 Å². The molecule has 0 aliphatic rings. The quantitative estimate of drug-likeness (QED) is 0.703. The van der Waals surface area contributed by atoms with E-state index in [0.717, 1.165) is 0 Å². The first-order valence-corrected chi connectivity index (χ1v) is 4.75. The summed E-state index contributed by atoms with van der Waals surface area (Å²) in [6.07, 6.45) is -8.07. The van der Waals surface area contributed by atoms with Crippen LogP contribution in [0.4, 0.5) is 22.0 Å². The van der Waals surface area contributed by atoms with Crippen molar-refractivity contribution in [2.45, 2.75) is 44.7 Å². The summed E-state index contributed by atoms with van der Waals surface area (Å²) in [5.74, 6) is -7.87. The average molecular weight is 248 g/mol. The van der Waals surface area contributed by atoms with Crippen LogP contribution in [-0.2, 0) is 4.79 Å². The Labute approximate surface area is 89.4 Å². The Balaban J connectivity index is 4.71. The molecule has 0 aliphatic heterocycles. The maximum absolute atomic E-state index is 13.1. The Morgan fingerprint density at radius 2 is 1.81 bits per heavy atom. The Kier molecular flexibility index (Phi) is 5.67. The molecule has 0 bridgehead atoms. The van der Waals surface area contributed by atoms with Crippen LogP contribution in [0, 0.1) is 5.92 Å². The fourth-order valence-corrected chi connectivity index (χ4v) is 1.38. The van der Waals surface area contributed by atoms with Crippen LogP contribution in [0.5, 0.6) is 0 Å². The van der Waals surface area contributed by atoms with Gasteiger partial charge in [0.25, 0.3) is 0 Å². The normalized spacial score (nSPS) is 16.2. The number of hydrogen-bond acceptors (Lipinski definition) is 1. The fourth-order valence-electron chi connectivity index (χ4n) is 1.38. The number of alkyl halides is 5. The van der Waals surface area contributed by atoms with Crippen molar-refractivity contribution < 1.29 is 31.9 Å². The molecule has 0 saturated heterocycles. The topological polar surface area (TPSA) is 37.3 Å². The lowest BCUT2D eigenvalue weighted by Crippen LogP contribution is -2.42. The van der Waals surface area contributed by atoms with Crippen LogP contribution >= 0.6 is 0 Å². The molecule has 0 fully saturated rings. The number of halogens is 5. The summed E-state index contributed by atoms with van der Waals surface area (Å²) in [7, 11) is 0. The lowest BCUT2D eigenvalue weighted by atomic mass is 9.91. The molecule has 0 aromatic rings. The van der Waals surface area contributed by atoms with Crippen molar-refractivity contribution in [3.05, 3.63) is 0 Å². The van der Waals surface area contributed by atoms with E-state index >= 15 is 0 Å². The zero-order valence-corrected chi connectivity index (χ0v) is 8.60. The molecule has 2 nitrogen and oxygen atoms in total. The van der Waals surface area contributed by atoms with Gasteiger partial charge in [0.1, 0.15) is 0 Å². The van der Waals surface area contributed by atoms with E-state index in [1.807, 2.05) is 0 Å². The van der Waals surface area contributed by atoms with Gasteiger partial charge in [-0.15, -0.1) is 0 Å². The summed E-state index contributed by atoms with van der Waals surface area (Å²) in [5, 5.41) is 8.36. The van der Waals surface area contributed by atoms with E-state index in [-0.39, 0.29) is 12.8 Å². The average Bonchev–Trinajstić information content (AvgIpc) is 2.15. The first-order chi connectivity index (χ1) is 7.23. The van der Waals surface area contributed by atoms with Crippen LogP contribution in [0.15, 0.2) is 0 Å². The van der Waals surface area contributed by atoms with E-state index in [2.05, 4.69) is 0 Å².